The second kappa shape index (κ2) is 7.88. The molecule has 0 amide bonds. The van der Waals surface area contributed by atoms with E-state index < -0.39 is 28.8 Å². The number of hydrogen-bond donors (Lipinski definition) is 2. The Labute approximate surface area is 148 Å². The van der Waals surface area contributed by atoms with Gasteiger partial charge >= 0.3 is 6.18 Å². The van der Waals surface area contributed by atoms with Crippen molar-refractivity contribution >= 4 is 21.6 Å². The normalized spacial score (nSPS) is 17.9. The van der Waals surface area contributed by atoms with Gasteiger partial charge in [-0.3, -0.25) is 4.90 Å². The van der Waals surface area contributed by atoms with E-state index in [9.17, 15) is 21.6 Å². The molecule has 1 fully saturated rings. The lowest BCUT2D eigenvalue weighted by molar-refractivity contribution is -0.182. The number of nitriles is 1. The molecule has 25 heavy (non-hydrogen) atoms. The number of rotatable bonds is 5. The van der Waals surface area contributed by atoms with E-state index in [1.165, 1.54) is 11.0 Å². The molecule has 0 radical (unpaired) electrons. The molecule has 2 rings (SSSR count). The van der Waals surface area contributed by atoms with Crippen LogP contribution in [0.3, 0.4) is 0 Å². The Morgan fingerprint density at radius 1 is 1.36 bits per heavy atom. The molecule has 0 aromatic heterocycles. The van der Waals surface area contributed by atoms with Crippen molar-refractivity contribution in [3.63, 3.8) is 0 Å². The summed E-state index contributed by atoms with van der Waals surface area (Å²) in [4.78, 5) is 0.828. The van der Waals surface area contributed by atoms with Gasteiger partial charge in [0.25, 0.3) is 0 Å². The zero-order chi connectivity index (χ0) is 18.7. The van der Waals surface area contributed by atoms with Crippen molar-refractivity contribution in [2.45, 2.75) is 17.1 Å². The van der Waals surface area contributed by atoms with Gasteiger partial charge < -0.3 is 5.32 Å². The number of sulfonamides is 1. The highest BCUT2D eigenvalue weighted by Gasteiger charge is 2.44. The van der Waals surface area contributed by atoms with E-state index in [4.69, 9.17) is 16.9 Å². The van der Waals surface area contributed by atoms with Crippen LogP contribution in [-0.2, 0) is 10.0 Å². The Bertz CT molecular complexity index is 758. The maximum atomic E-state index is 13.3. The number of alkyl halides is 3. The zero-order valence-corrected chi connectivity index (χ0v) is 14.5. The van der Waals surface area contributed by atoms with Gasteiger partial charge in [-0.15, -0.1) is 0 Å². The molecular weight excluding hydrogens is 381 g/mol. The minimum absolute atomic E-state index is 0.151. The topological polar surface area (TPSA) is 85.2 Å². The highest BCUT2D eigenvalue weighted by molar-refractivity contribution is 7.89. The summed E-state index contributed by atoms with van der Waals surface area (Å²) in [6.45, 7) is 0.330. The summed E-state index contributed by atoms with van der Waals surface area (Å²) >= 11 is 5.84. The van der Waals surface area contributed by atoms with E-state index >= 15 is 0 Å². The van der Waals surface area contributed by atoms with Crippen LogP contribution in [0.1, 0.15) is 5.56 Å². The standard InChI is InChI=1S/C14H16ClF3N4O2S/c15-11-7-10(8-19)1-2-12(11)25(23,24)21-9-13(14(16,17)18)22-5-3-20-4-6-22/h1-2,7,13,20-21H,3-6,9H2. The van der Waals surface area contributed by atoms with Gasteiger partial charge in [-0.2, -0.15) is 18.4 Å². The Balaban J connectivity index is 2.17. The van der Waals surface area contributed by atoms with Crippen molar-refractivity contribution in [1.29, 1.82) is 5.26 Å². The molecule has 1 heterocycles. The first kappa shape index (κ1) is 19.9. The molecule has 0 spiro atoms. The van der Waals surface area contributed by atoms with E-state index in [0.717, 1.165) is 12.1 Å². The summed E-state index contributed by atoms with van der Waals surface area (Å²) in [6, 6.07) is 3.34. The summed E-state index contributed by atoms with van der Waals surface area (Å²) < 4.78 is 66.5. The van der Waals surface area contributed by atoms with Crippen LogP contribution in [0.25, 0.3) is 0 Å². The second-order valence-corrected chi connectivity index (χ2v) is 7.59. The van der Waals surface area contributed by atoms with Crippen molar-refractivity contribution in [3.8, 4) is 6.07 Å². The highest BCUT2D eigenvalue weighted by Crippen LogP contribution is 2.26. The molecule has 2 N–H and O–H groups in total. The number of nitrogens with one attached hydrogen (secondary N) is 2. The predicted molar refractivity (Wildman–Crippen MR) is 85.6 cm³/mol. The fraction of sp³-hybridized carbons (Fsp3) is 0.500. The monoisotopic (exact) mass is 396 g/mol. The van der Waals surface area contributed by atoms with Gasteiger partial charge in [-0.25, -0.2) is 13.1 Å². The minimum Gasteiger partial charge on any atom is -0.314 e. The summed E-state index contributed by atoms with van der Waals surface area (Å²) in [5.41, 5.74) is 0.151. The Morgan fingerprint density at radius 2 is 2.00 bits per heavy atom. The third-order valence-electron chi connectivity index (χ3n) is 3.79. The molecule has 11 heteroatoms. The van der Waals surface area contributed by atoms with Gasteiger partial charge in [0.15, 0.2) is 0 Å². The van der Waals surface area contributed by atoms with E-state index in [0.29, 0.717) is 13.1 Å². The lowest BCUT2D eigenvalue weighted by Gasteiger charge is -2.35. The van der Waals surface area contributed by atoms with Crippen LogP contribution in [0.4, 0.5) is 13.2 Å². The lowest BCUT2D eigenvalue weighted by atomic mass is 10.2. The maximum Gasteiger partial charge on any atom is 0.405 e. The average Bonchev–Trinajstić information content (AvgIpc) is 2.54. The average molecular weight is 397 g/mol. The first-order valence-corrected chi connectivity index (χ1v) is 9.22. The molecular formula is C14H16ClF3N4O2S. The quantitative estimate of drug-likeness (QED) is 0.784. The zero-order valence-electron chi connectivity index (χ0n) is 13.0. The van der Waals surface area contributed by atoms with Crippen molar-refractivity contribution in [2.24, 2.45) is 0 Å². The summed E-state index contributed by atoms with van der Waals surface area (Å²) in [6.07, 6.45) is -4.58. The van der Waals surface area contributed by atoms with E-state index in [-0.39, 0.29) is 28.6 Å². The smallest absolute Gasteiger partial charge is 0.314 e. The molecule has 1 aromatic rings. The maximum absolute atomic E-state index is 13.3. The molecule has 1 aliphatic heterocycles. The van der Waals surface area contributed by atoms with Crippen LogP contribution in [0, 0.1) is 11.3 Å². The van der Waals surface area contributed by atoms with Crippen LogP contribution >= 0.6 is 11.6 Å². The van der Waals surface area contributed by atoms with Crippen molar-refractivity contribution in [2.75, 3.05) is 32.7 Å². The molecule has 0 aliphatic carbocycles. The first-order chi connectivity index (χ1) is 11.6. The van der Waals surface area contributed by atoms with Crippen LogP contribution in [0.5, 0.6) is 0 Å². The fourth-order valence-electron chi connectivity index (χ4n) is 2.50. The molecule has 0 bridgehead atoms. The first-order valence-electron chi connectivity index (χ1n) is 7.36. The molecule has 1 saturated heterocycles. The van der Waals surface area contributed by atoms with Gasteiger partial charge in [0, 0.05) is 32.7 Å². The number of hydrogen-bond acceptors (Lipinski definition) is 5. The summed E-state index contributed by atoms with van der Waals surface area (Å²) in [5, 5.41) is 11.5. The van der Waals surface area contributed by atoms with E-state index in [1.807, 2.05) is 4.72 Å². The van der Waals surface area contributed by atoms with Crippen LogP contribution in [0.15, 0.2) is 23.1 Å². The van der Waals surface area contributed by atoms with Gasteiger partial charge in [-0.1, -0.05) is 11.6 Å². The van der Waals surface area contributed by atoms with Crippen molar-refractivity contribution in [3.05, 3.63) is 28.8 Å². The van der Waals surface area contributed by atoms with E-state index in [2.05, 4.69) is 5.32 Å². The molecule has 0 saturated carbocycles. The summed E-state index contributed by atoms with van der Waals surface area (Å²) in [7, 11) is -4.24. The largest absolute Gasteiger partial charge is 0.405 e. The fourth-order valence-corrected chi connectivity index (χ4v) is 4.08. The second-order valence-electron chi connectivity index (χ2n) is 5.45. The number of piperazine rings is 1. The highest BCUT2D eigenvalue weighted by atomic mass is 35.5. The van der Waals surface area contributed by atoms with Gasteiger partial charge in [0.05, 0.1) is 16.7 Å². The molecule has 138 valence electrons. The molecule has 1 aliphatic rings. The minimum atomic E-state index is -4.58. The summed E-state index contributed by atoms with van der Waals surface area (Å²) in [5.74, 6) is 0. The molecule has 6 nitrogen and oxygen atoms in total. The van der Waals surface area contributed by atoms with E-state index in [1.54, 1.807) is 6.07 Å². The Kier molecular flexibility index (Phi) is 6.29. The van der Waals surface area contributed by atoms with Crippen LogP contribution < -0.4 is 10.0 Å². The SMILES string of the molecule is N#Cc1ccc(S(=O)(=O)NCC(N2CCNCC2)C(F)(F)F)c(Cl)c1. The van der Waals surface area contributed by atoms with Crippen molar-refractivity contribution < 1.29 is 21.6 Å². The third kappa shape index (κ3) is 5.05. The molecule has 1 unspecified atom stereocenters. The van der Waals surface area contributed by atoms with Gasteiger partial charge in [0.1, 0.15) is 10.9 Å². The number of benzene rings is 1. The lowest BCUT2D eigenvalue weighted by Crippen LogP contribution is -2.57. The van der Waals surface area contributed by atoms with Crippen LogP contribution in [-0.4, -0.2) is 58.3 Å². The Morgan fingerprint density at radius 3 is 2.52 bits per heavy atom. The van der Waals surface area contributed by atoms with Gasteiger partial charge in [-0.05, 0) is 18.2 Å². The predicted octanol–water partition coefficient (Wildman–Crippen LogP) is 1.33. The number of halogens is 4. The van der Waals surface area contributed by atoms with Gasteiger partial charge in [0.2, 0.25) is 10.0 Å². The third-order valence-corrected chi connectivity index (χ3v) is 5.69. The molecule has 1 atom stereocenters. The molecule has 1 aromatic carbocycles. The van der Waals surface area contributed by atoms with Crippen LogP contribution in [0.2, 0.25) is 5.02 Å². The Hall–Kier alpha value is -1.38. The van der Waals surface area contributed by atoms with Crippen molar-refractivity contribution in [1.82, 2.24) is 14.9 Å². The number of nitrogens with zero attached hydrogens (tertiary/aromatic N) is 2.